The number of nitrogens with zero attached hydrogens (tertiary/aromatic N) is 1. The zero-order valence-corrected chi connectivity index (χ0v) is 16.6. The first-order valence-corrected chi connectivity index (χ1v) is 10.3. The SMILES string of the molecule is Cc1cc(-c2nc(C(F)(F)F)[nH]c2-c2ccc(S(C)(=O)=O)c(F)c2)ccc1C(F)(F)F. The lowest BCUT2D eigenvalue weighted by Crippen LogP contribution is -2.07. The fraction of sp³-hybridized carbons (Fsp3) is 0.211. The highest BCUT2D eigenvalue weighted by Gasteiger charge is 2.37. The molecule has 1 aromatic heterocycles. The quantitative estimate of drug-likeness (QED) is 0.509. The third kappa shape index (κ3) is 4.58. The minimum atomic E-state index is -4.92. The van der Waals surface area contributed by atoms with E-state index in [1.807, 2.05) is 4.98 Å². The number of sulfone groups is 1. The summed E-state index contributed by atoms with van der Waals surface area (Å²) in [6.45, 7) is 1.14. The van der Waals surface area contributed by atoms with Crippen LogP contribution in [0.15, 0.2) is 41.3 Å². The Hall–Kier alpha value is -2.89. The van der Waals surface area contributed by atoms with Crippen LogP contribution >= 0.6 is 0 Å². The number of hydrogen-bond donors (Lipinski definition) is 1. The molecule has 0 aliphatic rings. The molecule has 0 atom stereocenters. The standard InChI is InChI=1S/C19H13F7N2O2S/c1-9-7-10(3-5-12(9)18(21,22)23)15-16(28-17(27-15)19(24,25)26)11-4-6-14(13(20)8-11)31(2,29)30/h3-8H,1-2H3,(H,27,28). The Morgan fingerprint density at radius 3 is 2.00 bits per heavy atom. The van der Waals surface area contributed by atoms with Gasteiger partial charge in [0.05, 0.1) is 17.0 Å². The predicted molar refractivity (Wildman–Crippen MR) is 97.3 cm³/mol. The normalized spacial score (nSPS) is 12.9. The third-order valence-corrected chi connectivity index (χ3v) is 5.53. The summed E-state index contributed by atoms with van der Waals surface area (Å²) >= 11 is 0. The number of imidazole rings is 1. The Morgan fingerprint density at radius 2 is 1.52 bits per heavy atom. The van der Waals surface area contributed by atoms with E-state index < -0.39 is 44.3 Å². The maximum atomic E-state index is 14.3. The van der Waals surface area contributed by atoms with Crippen LogP contribution in [0.2, 0.25) is 0 Å². The molecule has 1 N–H and O–H groups in total. The number of hydrogen-bond acceptors (Lipinski definition) is 3. The number of halogens is 7. The molecule has 0 fully saturated rings. The van der Waals surface area contributed by atoms with Gasteiger partial charge in [0.2, 0.25) is 5.82 Å². The van der Waals surface area contributed by atoms with E-state index in [4.69, 9.17) is 0 Å². The van der Waals surface area contributed by atoms with Crippen molar-refractivity contribution >= 4 is 9.84 Å². The second-order valence-corrected chi connectivity index (χ2v) is 8.74. The summed E-state index contributed by atoms with van der Waals surface area (Å²) in [7, 11) is -3.92. The van der Waals surface area contributed by atoms with Crippen molar-refractivity contribution in [2.24, 2.45) is 0 Å². The lowest BCUT2D eigenvalue weighted by atomic mass is 10.00. The first-order chi connectivity index (χ1) is 14.1. The van der Waals surface area contributed by atoms with Gasteiger partial charge in [-0.1, -0.05) is 12.1 Å². The zero-order valence-electron chi connectivity index (χ0n) is 15.8. The number of nitrogens with one attached hydrogen (secondary N) is 1. The Kier molecular flexibility index (Phi) is 5.41. The molecule has 3 aromatic rings. The van der Waals surface area contributed by atoms with E-state index in [-0.39, 0.29) is 28.1 Å². The maximum Gasteiger partial charge on any atom is 0.449 e. The number of rotatable bonds is 3. The first-order valence-electron chi connectivity index (χ1n) is 8.44. The largest absolute Gasteiger partial charge is 0.449 e. The van der Waals surface area contributed by atoms with Crippen molar-refractivity contribution in [3.8, 4) is 22.5 Å². The van der Waals surface area contributed by atoms with Gasteiger partial charge in [0, 0.05) is 17.4 Å². The van der Waals surface area contributed by atoms with Gasteiger partial charge in [-0.2, -0.15) is 26.3 Å². The molecule has 0 unspecified atom stereocenters. The van der Waals surface area contributed by atoms with Gasteiger partial charge < -0.3 is 4.98 Å². The van der Waals surface area contributed by atoms with Crippen LogP contribution in [0.1, 0.15) is 17.0 Å². The summed E-state index contributed by atoms with van der Waals surface area (Å²) in [5.74, 6) is -2.64. The monoisotopic (exact) mass is 466 g/mol. The highest BCUT2D eigenvalue weighted by atomic mass is 32.2. The Morgan fingerprint density at radius 1 is 0.903 bits per heavy atom. The van der Waals surface area contributed by atoms with Crippen LogP contribution < -0.4 is 0 Å². The average Bonchev–Trinajstić information content (AvgIpc) is 3.05. The van der Waals surface area contributed by atoms with E-state index in [1.54, 1.807) is 0 Å². The van der Waals surface area contributed by atoms with Gasteiger partial charge >= 0.3 is 12.4 Å². The molecule has 0 amide bonds. The molecule has 0 aliphatic heterocycles. The van der Waals surface area contributed by atoms with E-state index in [0.29, 0.717) is 12.1 Å². The molecule has 3 rings (SSSR count). The zero-order chi connectivity index (χ0) is 23.4. The van der Waals surface area contributed by atoms with Gasteiger partial charge in [0.25, 0.3) is 0 Å². The predicted octanol–water partition coefficient (Wildman–Crippen LogP) is 5.63. The van der Waals surface area contributed by atoms with Crippen LogP contribution in [0.3, 0.4) is 0 Å². The van der Waals surface area contributed by atoms with E-state index in [2.05, 4.69) is 4.98 Å². The average molecular weight is 466 g/mol. The lowest BCUT2D eigenvalue weighted by molar-refractivity contribution is -0.144. The van der Waals surface area contributed by atoms with Crippen molar-refractivity contribution in [2.45, 2.75) is 24.2 Å². The summed E-state index contributed by atoms with van der Waals surface area (Å²) in [5, 5.41) is 0. The molecular formula is C19H13F7N2O2S. The summed E-state index contributed by atoms with van der Waals surface area (Å²) in [6.07, 6.45) is -8.81. The molecule has 0 aliphatic carbocycles. The Balaban J connectivity index is 2.22. The van der Waals surface area contributed by atoms with Crippen molar-refractivity contribution in [3.63, 3.8) is 0 Å². The lowest BCUT2D eigenvalue weighted by Gasteiger charge is -2.12. The number of aromatic amines is 1. The minimum Gasteiger partial charge on any atom is -0.334 e. The maximum absolute atomic E-state index is 14.3. The van der Waals surface area contributed by atoms with Crippen molar-refractivity contribution in [1.29, 1.82) is 0 Å². The molecule has 12 heteroatoms. The van der Waals surface area contributed by atoms with Crippen molar-refractivity contribution in [1.82, 2.24) is 9.97 Å². The van der Waals surface area contributed by atoms with Crippen LogP contribution in [0.4, 0.5) is 30.7 Å². The number of aromatic nitrogens is 2. The van der Waals surface area contributed by atoms with E-state index in [0.717, 1.165) is 37.4 Å². The van der Waals surface area contributed by atoms with Crippen molar-refractivity contribution in [3.05, 3.63) is 59.2 Å². The Labute approximate surface area is 171 Å². The van der Waals surface area contributed by atoms with E-state index in [1.165, 1.54) is 0 Å². The Bertz CT molecular complexity index is 1260. The first kappa shape index (κ1) is 22.8. The molecule has 1 heterocycles. The molecular weight excluding hydrogens is 453 g/mol. The van der Waals surface area contributed by atoms with Crippen LogP contribution in [0, 0.1) is 12.7 Å². The highest BCUT2D eigenvalue weighted by Crippen LogP contribution is 2.39. The number of aryl methyl sites for hydroxylation is 1. The summed E-state index contributed by atoms with van der Waals surface area (Å²) in [4.78, 5) is 4.82. The minimum absolute atomic E-state index is 0.0696. The van der Waals surface area contributed by atoms with Gasteiger partial charge in [-0.15, -0.1) is 0 Å². The number of H-pyrrole nitrogens is 1. The summed E-state index contributed by atoms with van der Waals surface area (Å²) in [6, 6.07) is 5.36. The van der Waals surface area contributed by atoms with Crippen molar-refractivity contribution < 1.29 is 39.2 Å². The molecule has 0 radical (unpaired) electrons. The molecule has 0 spiro atoms. The molecule has 31 heavy (non-hydrogen) atoms. The van der Waals surface area contributed by atoms with Gasteiger partial charge in [0.1, 0.15) is 10.7 Å². The van der Waals surface area contributed by atoms with Crippen LogP contribution in [0.25, 0.3) is 22.5 Å². The number of benzene rings is 2. The molecule has 0 saturated carbocycles. The highest BCUT2D eigenvalue weighted by molar-refractivity contribution is 7.90. The summed E-state index contributed by atoms with van der Waals surface area (Å²) in [5.41, 5.74) is -2.14. The van der Waals surface area contributed by atoms with Gasteiger partial charge in [-0.3, -0.25) is 0 Å². The fourth-order valence-corrected chi connectivity index (χ4v) is 3.74. The van der Waals surface area contributed by atoms with Crippen LogP contribution in [-0.2, 0) is 22.2 Å². The van der Waals surface area contributed by atoms with Crippen LogP contribution in [-0.4, -0.2) is 24.6 Å². The van der Waals surface area contributed by atoms with Gasteiger partial charge in [-0.05, 0) is 36.8 Å². The van der Waals surface area contributed by atoms with E-state index >= 15 is 0 Å². The molecule has 166 valence electrons. The topological polar surface area (TPSA) is 62.8 Å². The fourth-order valence-electron chi connectivity index (χ4n) is 3.01. The smallest absolute Gasteiger partial charge is 0.334 e. The second-order valence-electron chi connectivity index (χ2n) is 6.75. The van der Waals surface area contributed by atoms with E-state index in [9.17, 15) is 39.2 Å². The molecule has 2 aromatic carbocycles. The summed E-state index contributed by atoms with van der Waals surface area (Å²) < 4.78 is 116. The molecule has 0 saturated heterocycles. The third-order valence-electron chi connectivity index (χ3n) is 4.40. The molecule has 4 nitrogen and oxygen atoms in total. The van der Waals surface area contributed by atoms with Gasteiger partial charge in [0.15, 0.2) is 9.84 Å². The second kappa shape index (κ2) is 7.36. The number of alkyl halides is 6. The van der Waals surface area contributed by atoms with Crippen molar-refractivity contribution in [2.75, 3.05) is 6.26 Å². The van der Waals surface area contributed by atoms with Gasteiger partial charge in [-0.25, -0.2) is 17.8 Å². The van der Waals surface area contributed by atoms with Crippen LogP contribution in [0.5, 0.6) is 0 Å². The molecule has 0 bridgehead atoms.